The van der Waals surface area contributed by atoms with Crippen LogP contribution in [0.3, 0.4) is 0 Å². The number of amides is 2. The van der Waals surface area contributed by atoms with Gasteiger partial charge in [0.15, 0.2) is 0 Å². The highest BCUT2D eigenvalue weighted by Gasteiger charge is 2.24. The van der Waals surface area contributed by atoms with Gasteiger partial charge < -0.3 is 28.7 Å². The summed E-state index contributed by atoms with van der Waals surface area (Å²) in [6.45, 7) is 2.66. The van der Waals surface area contributed by atoms with Gasteiger partial charge in [-0.15, -0.1) is 0 Å². The van der Waals surface area contributed by atoms with Gasteiger partial charge in [-0.1, -0.05) is 54.6 Å². The van der Waals surface area contributed by atoms with E-state index in [4.69, 9.17) is 18.9 Å². The van der Waals surface area contributed by atoms with Crippen LogP contribution < -0.4 is 19.3 Å². The van der Waals surface area contributed by atoms with Crippen LogP contribution in [0.4, 0.5) is 11.4 Å². The zero-order valence-electron chi connectivity index (χ0n) is 26.9. The number of hydrogen-bond donors (Lipinski definition) is 0. The van der Waals surface area contributed by atoms with Gasteiger partial charge in [0, 0.05) is 36.6 Å². The monoisotopic (exact) mass is 640 g/mol. The van der Waals surface area contributed by atoms with Crippen LogP contribution >= 0.6 is 0 Å². The third kappa shape index (κ3) is 7.41. The third-order valence-electron chi connectivity index (χ3n) is 8.53. The molecule has 0 aromatic heterocycles. The van der Waals surface area contributed by atoms with E-state index in [0.29, 0.717) is 35.7 Å². The van der Waals surface area contributed by atoms with Crippen LogP contribution in [0.25, 0.3) is 22.3 Å². The first-order chi connectivity index (χ1) is 23.4. The number of carbonyl (C=O) groups excluding carboxylic acids is 2. The van der Waals surface area contributed by atoms with Gasteiger partial charge in [0.1, 0.15) is 36.9 Å². The van der Waals surface area contributed by atoms with E-state index in [1.165, 1.54) is 0 Å². The molecule has 8 heteroatoms. The van der Waals surface area contributed by atoms with Crippen LogP contribution in [0, 0.1) is 0 Å². The molecule has 2 atom stereocenters. The fraction of sp³-hybridized carbons (Fsp3) is 0.200. The molecule has 5 aromatic carbocycles. The molecular weight excluding hydrogens is 604 g/mol. The molecule has 0 radical (unpaired) electrons. The molecule has 2 saturated heterocycles. The highest BCUT2D eigenvalue weighted by molar-refractivity contribution is 6.08. The molecule has 2 aliphatic heterocycles. The van der Waals surface area contributed by atoms with Crippen LogP contribution in [-0.2, 0) is 9.47 Å². The number of epoxide rings is 2. The fourth-order valence-electron chi connectivity index (χ4n) is 5.34. The van der Waals surface area contributed by atoms with Gasteiger partial charge in [-0.05, 0) is 89.0 Å². The van der Waals surface area contributed by atoms with Gasteiger partial charge >= 0.3 is 0 Å². The molecule has 2 heterocycles. The molecule has 0 bridgehead atoms. The fourth-order valence-corrected chi connectivity index (χ4v) is 5.34. The van der Waals surface area contributed by atoms with Gasteiger partial charge in [0.25, 0.3) is 11.8 Å². The van der Waals surface area contributed by atoms with E-state index in [0.717, 1.165) is 47.0 Å². The first-order valence-electron chi connectivity index (χ1n) is 16.0. The number of hydrogen-bond acceptors (Lipinski definition) is 6. The lowest BCUT2D eigenvalue weighted by molar-refractivity contribution is 0.0986. The van der Waals surface area contributed by atoms with Gasteiger partial charge in [0.05, 0.1) is 13.2 Å². The lowest BCUT2D eigenvalue weighted by Crippen LogP contribution is -2.28. The molecule has 7 rings (SSSR count). The van der Waals surface area contributed by atoms with E-state index in [1.807, 2.05) is 121 Å². The Balaban J connectivity index is 0.972. The van der Waals surface area contributed by atoms with Crippen LogP contribution in [0.2, 0.25) is 0 Å². The molecule has 2 unspecified atom stereocenters. The van der Waals surface area contributed by atoms with Crippen molar-refractivity contribution in [3.05, 3.63) is 132 Å². The second-order valence-corrected chi connectivity index (χ2v) is 12.0. The van der Waals surface area contributed by atoms with Crippen molar-refractivity contribution in [2.75, 3.05) is 50.3 Å². The molecule has 0 aliphatic carbocycles. The summed E-state index contributed by atoms with van der Waals surface area (Å²) in [5, 5.41) is 0. The Morgan fingerprint density at radius 3 is 1.23 bits per heavy atom. The smallest absolute Gasteiger partial charge is 0.258 e. The molecule has 0 saturated carbocycles. The molecule has 0 spiro atoms. The molecule has 2 aliphatic rings. The molecule has 48 heavy (non-hydrogen) atoms. The van der Waals surface area contributed by atoms with E-state index in [1.54, 1.807) is 23.9 Å². The van der Waals surface area contributed by atoms with E-state index >= 15 is 0 Å². The number of rotatable bonds is 12. The van der Waals surface area contributed by atoms with E-state index in [9.17, 15) is 9.59 Å². The van der Waals surface area contributed by atoms with Crippen LogP contribution in [0.5, 0.6) is 11.5 Å². The van der Waals surface area contributed by atoms with Crippen molar-refractivity contribution in [2.24, 2.45) is 0 Å². The first kappa shape index (κ1) is 31.2. The van der Waals surface area contributed by atoms with Crippen LogP contribution in [0.15, 0.2) is 121 Å². The molecule has 2 fully saturated rings. The van der Waals surface area contributed by atoms with Crippen molar-refractivity contribution >= 4 is 23.2 Å². The van der Waals surface area contributed by atoms with Crippen molar-refractivity contribution in [1.29, 1.82) is 0 Å². The van der Waals surface area contributed by atoms with Gasteiger partial charge in [-0.25, -0.2) is 0 Å². The Hall–Kier alpha value is -5.44. The largest absolute Gasteiger partial charge is 0.491 e. The molecule has 8 nitrogen and oxygen atoms in total. The Morgan fingerprint density at radius 1 is 0.562 bits per heavy atom. The minimum absolute atomic E-state index is 0.147. The highest BCUT2D eigenvalue weighted by atomic mass is 16.6. The average Bonchev–Trinajstić information content (AvgIpc) is 4.09. The zero-order chi connectivity index (χ0) is 33.0. The summed E-state index contributed by atoms with van der Waals surface area (Å²) in [7, 11) is 3.48. The molecule has 242 valence electrons. The number of anilines is 2. The summed E-state index contributed by atoms with van der Waals surface area (Å²) in [4.78, 5) is 30.1. The van der Waals surface area contributed by atoms with Gasteiger partial charge in [0.2, 0.25) is 0 Å². The van der Waals surface area contributed by atoms with Gasteiger partial charge in [-0.3, -0.25) is 9.59 Å². The summed E-state index contributed by atoms with van der Waals surface area (Å²) in [5.74, 6) is 1.31. The predicted octanol–water partition coefficient (Wildman–Crippen LogP) is 7.13. The number of ether oxygens (including phenoxy) is 4. The Morgan fingerprint density at radius 2 is 0.896 bits per heavy atom. The first-order valence-corrected chi connectivity index (χ1v) is 16.0. The number of benzene rings is 5. The molecule has 0 N–H and O–H groups in total. The van der Waals surface area contributed by atoms with Crippen molar-refractivity contribution in [3.63, 3.8) is 0 Å². The van der Waals surface area contributed by atoms with E-state index in [2.05, 4.69) is 0 Å². The summed E-state index contributed by atoms with van der Waals surface area (Å²) in [6.07, 6.45) is 0.429. The van der Waals surface area contributed by atoms with Crippen molar-refractivity contribution < 1.29 is 28.5 Å². The quantitative estimate of drug-likeness (QED) is 0.135. The second kappa shape index (κ2) is 13.7. The van der Waals surface area contributed by atoms with Crippen molar-refractivity contribution in [3.8, 4) is 33.8 Å². The summed E-state index contributed by atoms with van der Waals surface area (Å²) < 4.78 is 21.8. The average molecular weight is 641 g/mol. The summed E-state index contributed by atoms with van der Waals surface area (Å²) in [6, 6.07) is 38.3. The summed E-state index contributed by atoms with van der Waals surface area (Å²) >= 11 is 0. The van der Waals surface area contributed by atoms with Crippen molar-refractivity contribution in [2.45, 2.75) is 12.2 Å². The second-order valence-electron chi connectivity index (χ2n) is 12.0. The normalized spacial score (nSPS) is 16.1. The van der Waals surface area contributed by atoms with E-state index in [-0.39, 0.29) is 24.0 Å². The lowest BCUT2D eigenvalue weighted by Gasteiger charge is -2.22. The number of nitrogens with zero attached hydrogens (tertiary/aromatic N) is 2. The van der Waals surface area contributed by atoms with Crippen LogP contribution in [0.1, 0.15) is 20.7 Å². The maximum atomic E-state index is 13.4. The topological polar surface area (TPSA) is 84.1 Å². The maximum Gasteiger partial charge on any atom is 0.258 e. The molecular formula is C40H36N2O6. The standard InChI is InChI=1S/C40H36N2O6/c1-41(39(43)31-10-6-27(7-11-31)29-14-18-35(19-15-29)45-23-37-25-47-37)33-4-3-5-34(22-33)42(2)40(44)32-12-8-28(9-13-32)30-16-20-36(21-17-30)46-24-38-26-48-38/h3-22,37-38H,23-26H2,1-2H3. The maximum absolute atomic E-state index is 13.4. The van der Waals surface area contributed by atoms with Crippen molar-refractivity contribution in [1.82, 2.24) is 0 Å². The minimum atomic E-state index is -0.147. The Bertz CT molecular complexity index is 1740. The Labute approximate surface area is 280 Å². The van der Waals surface area contributed by atoms with Gasteiger partial charge in [-0.2, -0.15) is 0 Å². The lowest BCUT2D eigenvalue weighted by atomic mass is 10.0. The predicted molar refractivity (Wildman–Crippen MR) is 186 cm³/mol. The number of carbonyl (C=O) groups is 2. The summed E-state index contributed by atoms with van der Waals surface area (Å²) in [5.41, 5.74) is 6.57. The molecule has 5 aromatic rings. The van der Waals surface area contributed by atoms with Crippen LogP contribution in [-0.4, -0.2) is 64.5 Å². The Kier molecular flexibility index (Phi) is 8.92. The molecule has 2 amide bonds. The third-order valence-corrected chi connectivity index (χ3v) is 8.53. The minimum Gasteiger partial charge on any atom is -0.491 e. The zero-order valence-corrected chi connectivity index (χ0v) is 26.9. The SMILES string of the molecule is CN(C(=O)c1ccc(-c2ccc(OCC3CO3)cc2)cc1)c1cccc(N(C)C(=O)c2ccc(-c3ccc(OCC4CO4)cc3)cc2)c1. The highest BCUT2D eigenvalue weighted by Crippen LogP contribution is 2.28. The van der Waals surface area contributed by atoms with E-state index < -0.39 is 0 Å².